The zero-order chi connectivity index (χ0) is 18.6. The fourth-order valence-electron chi connectivity index (χ4n) is 2.46. The maximum atomic E-state index is 12.2. The summed E-state index contributed by atoms with van der Waals surface area (Å²) in [6, 6.07) is 16.6. The van der Waals surface area contributed by atoms with Crippen molar-refractivity contribution in [1.82, 2.24) is 9.97 Å². The Balaban J connectivity index is 1.37. The largest absolute Gasteiger partial charge is 0.302 e. The minimum Gasteiger partial charge on any atom is -0.302 e. The summed E-state index contributed by atoms with van der Waals surface area (Å²) in [6.07, 6.45) is 0.119. The van der Waals surface area contributed by atoms with E-state index in [0.717, 1.165) is 10.2 Å². The van der Waals surface area contributed by atoms with E-state index in [4.69, 9.17) is 0 Å². The van der Waals surface area contributed by atoms with Gasteiger partial charge in [0.25, 0.3) is 5.91 Å². The van der Waals surface area contributed by atoms with Crippen molar-refractivity contribution >= 4 is 55.0 Å². The molecule has 4 rings (SSSR count). The highest BCUT2D eigenvalue weighted by Gasteiger charge is 2.12. The van der Waals surface area contributed by atoms with Crippen LogP contribution in [-0.4, -0.2) is 21.8 Å². The number of fused-ring (bicyclic) bond motifs is 1. The van der Waals surface area contributed by atoms with E-state index in [1.54, 1.807) is 29.6 Å². The van der Waals surface area contributed by atoms with Crippen molar-refractivity contribution in [2.24, 2.45) is 0 Å². The first-order valence-electron chi connectivity index (χ1n) is 8.13. The Labute approximate surface area is 162 Å². The number of carbonyl (C=O) groups excluding carboxylic acids is 2. The number of nitrogens with one attached hydrogen (secondary N) is 2. The van der Waals surface area contributed by atoms with E-state index < -0.39 is 0 Å². The number of para-hydroxylation sites is 1. The number of anilines is 2. The monoisotopic (exact) mass is 394 g/mol. The summed E-state index contributed by atoms with van der Waals surface area (Å²) in [5.41, 5.74) is 2.02. The summed E-state index contributed by atoms with van der Waals surface area (Å²) < 4.78 is 1.02. The summed E-state index contributed by atoms with van der Waals surface area (Å²) in [5.74, 6) is -0.421. The van der Waals surface area contributed by atoms with E-state index >= 15 is 0 Å². The van der Waals surface area contributed by atoms with E-state index in [9.17, 15) is 9.59 Å². The number of carbonyl (C=O) groups is 2. The summed E-state index contributed by atoms with van der Waals surface area (Å²) in [6.45, 7) is 0. The second-order valence-corrected chi connectivity index (χ2v) is 7.56. The molecule has 2 aromatic carbocycles. The lowest BCUT2D eigenvalue weighted by Crippen LogP contribution is -2.15. The van der Waals surface area contributed by atoms with E-state index in [1.807, 2.05) is 30.3 Å². The topological polar surface area (TPSA) is 84.0 Å². The molecule has 8 heteroatoms. The first-order chi connectivity index (χ1) is 13.2. The van der Waals surface area contributed by atoms with Crippen molar-refractivity contribution in [3.8, 4) is 0 Å². The van der Waals surface area contributed by atoms with Gasteiger partial charge in [0.05, 0.1) is 22.3 Å². The normalized spacial score (nSPS) is 10.7. The molecule has 134 valence electrons. The molecule has 4 aromatic rings. The summed E-state index contributed by atoms with van der Waals surface area (Å²) in [5, 5.41) is 8.34. The lowest BCUT2D eigenvalue weighted by atomic mass is 10.2. The van der Waals surface area contributed by atoms with Gasteiger partial charge in [-0.05, 0) is 24.3 Å². The van der Waals surface area contributed by atoms with Crippen LogP contribution in [0.4, 0.5) is 10.3 Å². The predicted molar refractivity (Wildman–Crippen MR) is 108 cm³/mol. The van der Waals surface area contributed by atoms with Gasteiger partial charge < -0.3 is 5.32 Å². The first kappa shape index (κ1) is 17.3. The third kappa shape index (κ3) is 4.18. The minimum atomic E-state index is -0.226. The molecule has 0 aliphatic heterocycles. The van der Waals surface area contributed by atoms with Crippen LogP contribution in [0.5, 0.6) is 0 Å². The zero-order valence-electron chi connectivity index (χ0n) is 14.0. The van der Waals surface area contributed by atoms with E-state index in [-0.39, 0.29) is 18.2 Å². The molecule has 2 aromatic heterocycles. The average Bonchev–Trinajstić information content (AvgIpc) is 3.28. The Morgan fingerprint density at radius 1 is 0.889 bits per heavy atom. The van der Waals surface area contributed by atoms with Gasteiger partial charge in [-0.1, -0.05) is 41.7 Å². The molecule has 6 nitrogen and oxygen atoms in total. The Morgan fingerprint density at radius 2 is 1.67 bits per heavy atom. The predicted octanol–water partition coefficient (Wildman–Crippen LogP) is 4.19. The quantitative estimate of drug-likeness (QED) is 0.532. The van der Waals surface area contributed by atoms with Gasteiger partial charge >= 0.3 is 0 Å². The van der Waals surface area contributed by atoms with Crippen LogP contribution >= 0.6 is 22.7 Å². The zero-order valence-corrected chi connectivity index (χ0v) is 15.6. The number of amides is 2. The second-order valence-electron chi connectivity index (χ2n) is 5.68. The van der Waals surface area contributed by atoms with Gasteiger partial charge in [-0.3, -0.25) is 14.9 Å². The molecule has 0 aliphatic rings. The number of nitrogens with zero attached hydrogens (tertiary/aromatic N) is 2. The highest BCUT2D eigenvalue weighted by atomic mass is 32.1. The molecule has 2 amide bonds. The van der Waals surface area contributed by atoms with Crippen molar-refractivity contribution in [2.45, 2.75) is 6.42 Å². The maximum absolute atomic E-state index is 12.2. The molecule has 0 fully saturated rings. The fraction of sp³-hybridized carbons (Fsp3) is 0.0526. The highest BCUT2D eigenvalue weighted by Crippen LogP contribution is 2.25. The smallest absolute Gasteiger partial charge is 0.257 e. The maximum Gasteiger partial charge on any atom is 0.257 e. The van der Waals surface area contributed by atoms with E-state index in [0.29, 0.717) is 21.5 Å². The standard InChI is InChI=1S/C19H14N4O2S2/c24-16(22-19-21-14-8-4-5-9-15(14)27-19)10-13-11-26-18(20-13)23-17(25)12-6-2-1-3-7-12/h1-9,11H,10H2,(H,20,23,25)(H,21,22,24). The molecule has 0 bridgehead atoms. The lowest BCUT2D eigenvalue weighted by molar-refractivity contribution is -0.115. The first-order valence-corrected chi connectivity index (χ1v) is 9.83. The Hall–Kier alpha value is -3.10. The van der Waals surface area contributed by atoms with Gasteiger partial charge in [0.1, 0.15) is 0 Å². The van der Waals surface area contributed by atoms with Crippen LogP contribution in [0.2, 0.25) is 0 Å². The molecule has 2 N–H and O–H groups in total. The minimum absolute atomic E-state index is 0.119. The van der Waals surface area contributed by atoms with Gasteiger partial charge in [-0.25, -0.2) is 9.97 Å². The van der Waals surface area contributed by atoms with Crippen LogP contribution in [0.3, 0.4) is 0 Å². The lowest BCUT2D eigenvalue weighted by Gasteiger charge is -2.01. The Morgan fingerprint density at radius 3 is 2.48 bits per heavy atom. The summed E-state index contributed by atoms with van der Waals surface area (Å²) >= 11 is 2.72. The van der Waals surface area contributed by atoms with Gasteiger partial charge in [-0.2, -0.15) is 0 Å². The van der Waals surface area contributed by atoms with Gasteiger partial charge in [0.15, 0.2) is 10.3 Å². The Bertz CT molecular complexity index is 1070. The fourth-order valence-corrected chi connectivity index (χ4v) is 4.05. The average molecular weight is 394 g/mol. The molecular formula is C19H14N4O2S2. The van der Waals surface area contributed by atoms with Crippen molar-refractivity contribution in [3.05, 3.63) is 71.2 Å². The van der Waals surface area contributed by atoms with Gasteiger partial charge in [0.2, 0.25) is 5.91 Å². The van der Waals surface area contributed by atoms with Crippen LogP contribution in [0, 0.1) is 0 Å². The molecule has 0 unspecified atom stereocenters. The van der Waals surface area contributed by atoms with Crippen LogP contribution in [0.15, 0.2) is 60.0 Å². The highest BCUT2D eigenvalue weighted by molar-refractivity contribution is 7.22. The second kappa shape index (κ2) is 7.65. The molecule has 0 spiro atoms. The van der Waals surface area contributed by atoms with Crippen LogP contribution in [-0.2, 0) is 11.2 Å². The number of hydrogen-bond acceptors (Lipinski definition) is 6. The number of thiazole rings is 2. The molecule has 2 heterocycles. The van der Waals surface area contributed by atoms with E-state index in [2.05, 4.69) is 20.6 Å². The van der Waals surface area contributed by atoms with Crippen LogP contribution in [0.25, 0.3) is 10.2 Å². The molecular weight excluding hydrogens is 380 g/mol. The third-order valence-corrected chi connectivity index (χ3v) is 5.45. The molecule has 27 heavy (non-hydrogen) atoms. The van der Waals surface area contributed by atoms with Crippen molar-refractivity contribution in [3.63, 3.8) is 0 Å². The summed E-state index contributed by atoms with van der Waals surface area (Å²) in [4.78, 5) is 33.1. The number of aromatic nitrogens is 2. The Kier molecular flexibility index (Phi) is 4.91. The molecule has 0 saturated heterocycles. The van der Waals surface area contributed by atoms with E-state index in [1.165, 1.54) is 22.7 Å². The van der Waals surface area contributed by atoms with Crippen molar-refractivity contribution < 1.29 is 9.59 Å². The van der Waals surface area contributed by atoms with Crippen LogP contribution in [0.1, 0.15) is 16.1 Å². The summed E-state index contributed by atoms with van der Waals surface area (Å²) in [7, 11) is 0. The van der Waals surface area contributed by atoms with Crippen LogP contribution < -0.4 is 10.6 Å². The number of hydrogen-bond donors (Lipinski definition) is 2. The van der Waals surface area contributed by atoms with Crippen molar-refractivity contribution in [1.29, 1.82) is 0 Å². The molecule has 0 aliphatic carbocycles. The van der Waals surface area contributed by atoms with Gasteiger partial charge in [0, 0.05) is 10.9 Å². The van der Waals surface area contributed by atoms with Crippen molar-refractivity contribution in [2.75, 3.05) is 10.6 Å². The number of benzene rings is 2. The molecule has 0 radical (unpaired) electrons. The molecule has 0 saturated carbocycles. The third-order valence-electron chi connectivity index (χ3n) is 3.69. The number of rotatable bonds is 5. The SMILES string of the molecule is O=C(Cc1csc(NC(=O)c2ccccc2)n1)Nc1nc2ccccc2s1. The molecule has 0 atom stereocenters. The van der Waals surface area contributed by atoms with Gasteiger partial charge in [-0.15, -0.1) is 11.3 Å².